The van der Waals surface area contributed by atoms with Gasteiger partial charge in [-0.25, -0.2) is 0 Å². The summed E-state index contributed by atoms with van der Waals surface area (Å²) in [5.41, 5.74) is 9.57. The average molecular weight is 535 g/mol. The summed E-state index contributed by atoms with van der Waals surface area (Å²) in [4.78, 5) is 13.4. The van der Waals surface area contributed by atoms with E-state index in [2.05, 4.69) is 18.7 Å². The average Bonchev–Trinajstić information content (AvgIpc) is 3.70. The first-order chi connectivity index (χ1) is 18.2. The molecule has 0 amide bonds. The summed E-state index contributed by atoms with van der Waals surface area (Å²) in [6.07, 6.45) is 2.03. The number of ether oxygens (including phenoxy) is 1. The first-order valence-corrected chi connectivity index (χ1v) is 13.1. The zero-order chi connectivity index (χ0) is 27.0. The fourth-order valence-corrected chi connectivity index (χ4v) is 4.99. The van der Waals surface area contributed by atoms with E-state index in [4.69, 9.17) is 27.2 Å². The molecule has 0 aliphatic heterocycles. The fraction of sp³-hybridized carbons (Fsp3) is 0.300. The number of aliphatic hydroxyl groups is 3. The van der Waals surface area contributed by atoms with Crippen LogP contribution >= 0.6 is 11.6 Å². The molecule has 1 aliphatic carbocycles. The lowest BCUT2D eigenvalue weighted by Crippen LogP contribution is -2.30. The maximum atomic E-state index is 13.4. The van der Waals surface area contributed by atoms with Gasteiger partial charge in [0.05, 0.1) is 12.7 Å². The quantitative estimate of drug-likeness (QED) is 0.209. The Morgan fingerprint density at radius 2 is 1.87 bits per heavy atom. The maximum Gasteiger partial charge on any atom is 0.202 e. The number of carbonyl (C=O) groups is 1. The summed E-state index contributed by atoms with van der Waals surface area (Å²) in [5.74, 6) is 0.799. The van der Waals surface area contributed by atoms with Crippen LogP contribution in [0.3, 0.4) is 0 Å². The lowest BCUT2D eigenvalue weighted by Gasteiger charge is -2.16. The zero-order valence-electron chi connectivity index (χ0n) is 20.9. The van der Waals surface area contributed by atoms with Crippen molar-refractivity contribution < 1.29 is 24.9 Å². The van der Waals surface area contributed by atoms with Gasteiger partial charge in [0.1, 0.15) is 11.9 Å². The van der Waals surface area contributed by atoms with Crippen molar-refractivity contribution in [2.24, 2.45) is 5.73 Å². The number of carbonyl (C=O) groups excluding carboxylic acids is 1. The minimum absolute atomic E-state index is 0.200. The van der Waals surface area contributed by atoms with Crippen LogP contribution in [-0.4, -0.2) is 51.1 Å². The largest absolute Gasteiger partial charge is 0.485 e. The summed E-state index contributed by atoms with van der Waals surface area (Å²) in [6.45, 7) is 3.51. The van der Waals surface area contributed by atoms with E-state index >= 15 is 0 Å². The van der Waals surface area contributed by atoms with Gasteiger partial charge in [0, 0.05) is 45.5 Å². The van der Waals surface area contributed by atoms with E-state index in [0.29, 0.717) is 40.1 Å². The van der Waals surface area contributed by atoms with Gasteiger partial charge < -0.3 is 30.4 Å². The van der Waals surface area contributed by atoms with Gasteiger partial charge in [-0.3, -0.25) is 4.79 Å². The molecule has 0 unspecified atom stereocenters. The molecule has 198 valence electrons. The van der Waals surface area contributed by atoms with Gasteiger partial charge in [-0.1, -0.05) is 36.4 Å². The topological polar surface area (TPSA) is 118 Å². The number of aryl methyl sites for hydroxylation is 1. The third-order valence-corrected chi connectivity index (χ3v) is 7.39. The van der Waals surface area contributed by atoms with Crippen molar-refractivity contribution in [3.8, 4) is 5.75 Å². The predicted octanol–water partition coefficient (Wildman–Crippen LogP) is 4.62. The van der Waals surface area contributed by atoms with Crippen molar-refractivity contribution in [2.45, 2.75) is 43.9 Å². The standard InChI is InChI=1S/C30H31ClN2O5/c1-17(32)24-11-21-10-22(31)6-4-20(21)13-30(24)38-16-29(37)25-14-33(9-8-27(35)28(36)15-34)26-12-19(18-2-3-18)5-7-23(25)26/h4-7,10-14,18,27-28,34-36H,1-3,8-9,15-16,32H2/t27-,28-/m1/s1. The van der Waals surface area contributed by atoms with Gasteiger partial charge in [-0.05, 0) is 71.8 Å². The summed E-state index contributed by atoms with van der Waals surface area (Å²) in [7, 11) is 0. The molecule has 0 bridgehead atoms. The number of aromatic nitrogens is 1. The maximum absolute atomic E-state index is 13.4. The van der Waals surface area contributed by atoms with Crippen molar-refractivity contribution in [3.05, 3.63) is 83.0 Å². The molecule has 5 rings (SSSR count). The van der Waals surface area contributed by atoms with Gasteiger partial charge in [0.2, 0.25) is 5.78 Å². The zero-order valence-corrected chi connectivity index (χ0v) is 21.7. The number of nitrogens with zero attached hydrogens (tertiary/aromatic N) is 1. The summed E-state index contributed by atoms with van der Waals surface area (Å²) in [6, 6.07) is 15.3. The summed E-state index contributed by atoms with van der Waals surface area (Å²) < 4.78 is 7.92. The number of ketones is 1. The Balaban J connectivity index is 1.42. The third kappa shape index (κ3) is 5.42. The van der Waals surface area contributed by atoms with Crippen molar-refractivity contribution in [2.75, 3.05) is 13.2 Å². The highest BCUT2D eigenvalue weighted by Crippen LogP contribution is 2.41. The lowest BCUT2D eigenvalue weighted by molar-refractivity contribution is -0.0191. The number of Topliss-reactive ketones (excluding diaryl/α,β-unsaturated/α-hetero) is 1. The minimum atomic E-state index is -1.21. The van der Waals surface area contributed by atoms with Crippen molar-refractivity contribution in [3.63, 3.8) is 0 Å². The van der Waals surface area contributed by atoms with Gasteiger partial charge in [0.15, 0.2) is 6.61 Å². The molecule has 0 spiro atoms. The highest BCUT2D eigenvalue weighted by Gasteiger charge is 2.25. The number of hydrogen-bond acceptors (Lipinski definition) is 6. The van der Waals surface area contributed by atoms with Crippen molar-refractivity contribution in [1.82, 2.24) is 4.57 Å². The second-order valence-corrected chi connectivity index (χ2v) is 10.4. The van der Waals surface area contributed by atoms with Gasteiger partial charge in [0.25, 0.3) is 0 Å². The number of benzene rings is 3. The van der Waals surface area contributed by atoms with Crippen LogP contribution in [0.2, 0.25) is 5.02 Å². The smallest absolute Gasteiger partial charge is 0.202 e. The Morgan fingerprint density at radius 1 is 1.08 bits per heavy atom. The van der Waals surface area contributed by atoms with Gasteiger partial charge in [-0.2, -0.15) is 0 Å². The van der Waals surface area contributed by atoms with Crippen LogP contribution < -0.4 is 10.5 Å². The Labute approximate surface area is 225 Å². The Bertz CT molecular complexity index is 1520. The monoisotopic (exact) mass is 534 g/mol. The van der Waals surface area contributed by atoms with E-state index in [1.807, 2.05) is 34.9 Å². The first kappa shape index (κ1) is 26.3. The summed E-state index contributed by atoms with van der Waals surface area (Å²) in [5, 5.41) is 32.2. The number of nitrogens with two attached hydrogens (primary N) is 1. The molecule has 1 aliphatic rings. The van der Waals surface area contributed by atoms with E-state index in [0.717, 1.165) is 34.5 Å². The van der Waals surface area contributed by atoms with Crippen LogP contribution in [0.1, 0.15) is 46.7 Å². The number of fused-ring (bicyclic) bond motifs is 2. The van der Waals surface area contributed by atoms with E-state index in [-0.39, 0.29) is 18.8 Å². The number of rotatable bonds is 11. The highest BCUT2D eigenvalue weighted by molar-refractivity contribution is 6.31. The molecule has 1 heterocycles. The predicted molar refractivity (Wildman–Crippen MR) is 150 cm³/mol. The molecule has 3 aromatic carbocycles. The number of hydrogen-bond donors (Lipinski definition) is 4. The number of aliphatic hydroxyl groups excluding tert-OH is 3. The highest BCUT2D eigenvalue weighted by atomic mass is 35.5. The SMILES string of the molecule is C=C(N)c1cc2cc(Cl)ccc2cc1OCC(=O)c1cn(CC[C@@H](O)[C@H](O)CO)c2cc(C3CC3)ccc12. The van der Waals surface area contributed by atoms with Crippen LogP contribution in [0.25, 0.3) is 27.4 Å². The van der Waals surface area contributed by atoms with E-state index in [9.17, 15) is 15.0 Å². The molecule has 2 atom stereocenters. The number of halogens is 1. The first-order valence-electron chi connectivity index (χ1n) is 12.7. The molecule has 1 saturated carbocycles. The second-order valence-electron chi connectivity index (χ2n) is 9.97. The van der Waals surface area contributed by atoms with Crippen LogP contribution in [-0.2, 0) is 6.54 Å². The van der Waals surface area contributed by atoms with Crippen LogP contribution in [0.4, 0.5) is 0 Å². The van der Waals surface area contributed by atoms with Crippen molar-refractivity contribution >= 4 is 44.8 Å². The molecule has 0 radical (unpaired) electrons. The molecule has 1 aromatic heterocycles. The molecular weight excluding hydrogens is 504 g/mol. The molecule has 0 saturated heterocycles. The Kier molecular flexibility index (Phi) is 7.45. The van der Waals surface area contributed by atoms with E-state index in [1.165, 1.54) is 5.56 Å². The molecule has 38 heavy (non-hydrogen) atoms. The van der Waals surface area contributed by atoms with Crippen LogP contribution in [0.15, 0.2) is 61.3 Å². The molecule has 5 N–H and O–H groups in total. The third-order valence-electron chi connectivity index (χ3n) is 7.16. The fourth-order valence-electron chi connectivity index (χ4n) is 4.81. The van der Waals surface area contributed by atoms with E-state index < -0.39 is 18.8 Å². The van der Waals surface area contributed by atoms with E-state index in [1.54, 1.807) is 12.3 Å². The molecular formula is C30H31ClN2O5. The minimum Gasteiger partial charge on any atom is -0.485 e. The Morgan fingerprint density at radius 3 is 2.58 bits per heavy atom. The molecule has 4 aromatic rings. The van der Waals surface area contributed by atoms with Gasteiger partial charge in [-0.15, -0.1) is 0 Å². The molecule has 8 heteroatoms. The molecule has 1 fully saturated rings. The Hall–Kier alpha value is -3.36. The lowest BCUT2D eigenvalue weighted by atomic mass is 10.0. The van der Waals surface area contributed by atoms with Crippen LogP contribution in [0.5, 0.6) is 5.75 Å². The second kappa shape index (κ2) is 10.8. The normalized spacial score (nSPS) is 15.1. The van der Waals surface area contributed by atoms with Crippen LogP contribution in [0, 0.1) is 0 Å². The molecule has 7 nitrogen and oxygen atoms in total. The summed E-state index contributed by atoms with van der Waals surface area (Å²) >= 11 is 6.13. The van der Waals surface area contributed by atoms with Gasteiger partial charge >= 0.3 is 0 Å². The van der Waals surface area contributed by atoms with Crippen molar-refractivity contribution in [1.29, 1.82) is 0 Å².